The average molecular weight is 299 g/mol. The summed E-state index contributed by atoms with van der Waals surface area (Å²) < 4.78 is 32.1. The van der Waals surface area contributed by atoms with Gasteiger partial charge in [-0.25, -0.2) is 13.4 Å². The van der Waals surface area contributed by atoms with E-state index in [4.69, 9.17) is 10.5 Å². The number of nitrogen functional groups attached to an aromatic ring is 1. The molecule has 0 saturated heterocycles. The Kier molecular flexibility index (Phi) is 4.62. The molecule has 1 aromatic rings. The zero-order chi connectivity index (χ0) is 14.8. The van der Waals surface area contributed by atoms with E-state index in [0.29, 0.717) is 19.1 Å². The molecular weight excluding hydrogens is 278 g/mol. The fourth-order valence-electron chi connectivity index (χ4n) is 2.26. The summed E-state index contributed by atoms with van der Waals surface area (Å²) in [4.78, 5) is 4.03. The predicted octanol–water partition coefficient (Wildman–Crippen LogP) is 1.10. The van der Waals surface area contributed by atoms with Crippen molar-refractivity contribution in [3.63, 3.8) is 0 Å². The highest BCUT2D eigenvalue weighted by atomic mass is 32.2. The first-order valence-corrected chi connectivity index (χ1v) is 8.13. The van der Waals surface area contributed by atoms with E-state index in [1.165, 1.54) is 22.6 Å². The Morgan fingerprint density at radius 3 is 2.80 bits per heavy atom. The van der Waals surface area contributed by atoms with Gasteiger partial charge >= 0.3 is 0 Å². The van der Waals surface area contributed by atoms with E-state index in [1.807, 2.05) is 6.92 Å². The lowest BCUT2D eigenvalue weighted by Gasteiger charge is -2.28. The van der Waals surface area contributed by atoms with Crippen LogP contribution < -0.4 is 5.73 Å². The molecule has 1 aliphatic carbocycles. The Morgan fingerprint density at radius 1 is 1.55 bits per heavy atom. The molecule has 1 aromatic heterocycles. The number of pyridine rings is 1. The molecule has 7 heteroatoms. The molecule has 112 valence electrons. The lowest BCUT2D eigenvalue weighted by Crippen LogP contribution is -2.41. The molecule has 1 unspecified atom stereocenters. The van der Waals surface area contributed by atoms with E-state index >= 15 is 0 Å². The lowest BCUT2D eigenvalue weighted by atomic mass is 10.2. The number of hydrogen-bond donors (Lipinski definition) is 1. The fourth-order valence-corrected chi connectivity index (χ4v) is 3.96. The lowest BCUT2D eigenvalue weighted by molar-refractivity contribution is 0.164. The van der Waals surface area contributed by atoms with Gasteiger partial charge in [0.05, 0.1) is 11.5 Å². The summed E-state index contributed by atoms with van der Waals surface area (Å²) in [6, 6.07) is 2.85. The van der Waals surface area contributed by atoms with Gasteiger partial charge in [0.1, 0.15) is 5.82 Å². The predicted molar refractivity (Wildman–Crippen MR) is 76.6 cm³/mol. The van der Waals surface area contributed by atoms with E-state index in [9.17, 15) is 8.42 Å². The van der Waals surface area contributed by atoms with Crippen molar-refractivity contribution >= 4 is 15.8 Å². The van der Waals surface area contributed by atoms with Crippen LogP contribution in [0.15, 0.2) is 23.2 Å². The Bertz CT molecular complexity index is 558. The number of methoxy groups -OCH3 is 1. The van der Waals surface area contributed by atoms with Crippen LogP contribution >= 0.6 is 0 Å². The van der Waals surface area contributed by atoms with Crippen LogP contribution in [0.2, 0.25) is 0 Å². The molecule has 0 spiro atoms. The van der Waals surface area contributed by atoms with Crippen LogP contribution in [0.4, 0.5) is 5.82 Å². The molecule has 6 nitrogen and oxygen atoms in total. The van der Waals surface area contributed by atoms with E-state index in [2.05, 4.69) is 4.98 Å². The zero-order valence-corrected chi connectivity index (χ0v) is 12.6. The molecule has 1 aliphatic rings. The number of sulfonamides is 1. The molecule has 1 saturated carbocycles. The third-order valence-corrected chi connectivity index (χ3v) is 5.62. The van der Waals surface area contributed by atoms with Crippen molar-refractivity contribution in [1.82, 2.24) is 9.29 Å². The smallest absolute Gasteiger partial charge is 0.243 e. The van der Waals surface area contributed by atoms with Crippen molar-refractivity contribution in [2.45, 2.75) is 30.7 Å². The molecule has 1 heterocycles. The van der Waals surface area contributed by atoms with E-state index in [-0.39, 0.29) is 16.8 Å². The maximum absolute atomic E-state index is 12.8. The number of rotatable bonds is 7. The van der Waals surface area contributed by atoms with Gasteiger partial charge in [-0.2, -0.15) is 4.31 Å². The second-order valence-electron chi connectivity index (χ2n) is 5.10. The minimum atomic E-state index is -3.57. The summed E-state index contributed by atoms with van der Waals surface area (Å²) in [5.41, 5.74) is 5.59. The van der Waals surface area contributed by atoms with Gasteiger partial charge in [-0.05, 0) is 31.7 Å². The SMILES string of the molecule is COCCN(C(C)C1CC1)S(=O)(=O)c1ccnc(N)c1. The molecule has 0 radical (unpaired) electrons. The maximum atomic E-state index is 12.8. The number of ether oxygens (including phenoxy) is 1. The first-order chi connectivity index (χ1) is 9.46. The van der Waals surface area contributed by atoms with Gasteiger partial charge in [0.25, 0.3) is 0 Å². The number of aromatic nitrogens is 1. The summed E-state index contributed by atoms with van der Waals surface area (Å²) in [6.45, 7) is 2.67. The normalized spacial score (nSPS) is 17.4. The number of nitrogens with zero attached hydrogens (tertiary/aromatic N) is 2. The van der Waals surface area contributed by atoms with Crippen LogP contribution in [0.1, 0.15) is 19.8 Å². The van der Waals surface area contributed by atoms with Crippen molar-refractivity contribution < 1.29 is 13.2 Å². The Morgan fingerprint density at radius 2 is 2.25 bits per heavy atom. The van der Waals surface area contributed by atoms with Gasteiger partial charge in [0.15, 0.2) is 0 Å². The number of anilines is 1. The monoisotopic (exact) mass is 299 g/mol. The highest BCUT2D eigenvalue weighted by Gasteiger charge is 2.38. The molecular formula is C13H21N3O3S. The summed E-state index contributed by atoms with van der Waals surface area (Å²) in [5, 5.41) is 0. The van der Waals surface area contributed by atoms with Crippen molar-refractivity contribution in [3.05, 3.63) is 18.3 Å². The van der Waals surface area contributed by atoms with E-state index in [1.54, 1.807) is 7.11 Å². The molecule has 2 N–H and O–H groups in total. The van der Waals surface area contributed by atoms with Crippen LogP contribution in [-0.2, 0) is 14.8 Å². The van der Waals surface area contributed by atoms with E-state index in [0.717, 1.165) is 12.8 Å². The molecule has 0 aliphatic heterocycles. The molecule has 20 heavy (non-hydrogen) atoms. The second-order valence-corrected chi connectivity index (χ2v) is 6.99. The van der Waals surface area contributed by atoms with Gasteiger partial charge in [-0.15, -0.1) is 0 Å². The topological polar surface area (TPSA) is 85.5 Å². The summed E-state index contributed by atoms with van der Waals surface area (Å²) in [6.07, 6.45) is 3.58. The average Bonchev–Trinajstić information content (AvgIpc) is 3.23. The van der Waals surface area contributed by atoms with Crippen LogP contribution in [0.5, 0.6) is 0 Å². The molecule has 0 bridgehead atoms. The van der Waals surface area contributed by atoms with Crippen LogP contribution in [0.3, 0.4) is 0 Å². The van der Waals surface area contributed by atoms with Crippen molar-refractivity contribution in [3.8, 4) is 0 Å². The van der Waals surface area contributed by atoms with Crippen molar-refractivity contribution in [2.24, 2.45) is 5.92 Å². The fraction of sp³-hybridized carbons (Fsp3) is 0.615. The summed E-state index contributed by atoms with van der Waals surface area (Å²) in [7, 11) is -2.00. The zero-order valence-electron chi connectivity index (χ0n) is 11.8. The van der Waals surface area contributed by atoms with Gasteiger partial charge in [-0.3, -0.25) is 0 Å². The third-order valence-electron chi connectivity index (χ3n) is 3.63. The van der Waals surface area contributed by atoms with Crippen molar-refractivity contribution in [1.29, 1.82) is 0 Å². The summed E-state index contributed by atoms with van der Waals surface area (Å²) >= 11 is 0. The highest BCUT2D eigenvalue weighted by molar-refractivity contribution is 7.89. The largest absolute Gasteiger partial charge is 0.384 e. The van der Waals surface area contributed by atoms with Crippen LogP contribution in [-0.4, -0.2) is 44.0 Å². The highest BCUT2D eigenvalue weighted by Crippen LogP contribution is 2.37. The molecule has 1 fully saturated rings. The minimum absolute atomic E-state index is 0.0236. The Labute approximate surface area is 120 Å². The van der Waals surface area contributed by atoms with Gasteiger partial charge < -0.3 is 10.5 Å². The minimum Gasteiger partial charge on any atom is -0.384 e. The van der Waals surface area contributed by atoms with E-state index < -0.39 is 10.0 Å². The summed E-state index contributed by atoms with van der Waals surface area (Å²) in [5.74, 6) is 0.651. The van der Waals surface area contributed by atoms with Crippen LogP contribution in [0.25, 0.3) is 0 Å². The Hall–Kier alpha value is -1.18. The van der Waals surface area contributed by atoms with Crippen LogP contribution in [0, 0.1) is 5.92 Å². The van der Waals surface area contributed by atoms with Gasteiger partial charge in [0, 0.05) is 32.0 Å². The molecule has 0 amide bonds. The first-order valence-electron chi connectivity index (χ1n) is 6.69. The number of nitrogens with two attached hydrogens (primary N) is 1. The Balaban J connectivity index is 2.30. The molecule has 2 rings (SSSR count). The number of hydrogen-bond acceptors (Lipinski definition) is 5. The van der Waals surface area contributed by atoms with Gasteiger partial charge in [-0.1, -0.05) is 0 Å². The second kappa shape index (κ2) is 6.07. The quantitative estimate of drug-likeness (QED) is 0.815. The molecule has 1 atom stereocenters. The first kappa shape index (κ1) is 15.2. The maximum Gasteiger partial charge on any atom is 0.243 e. The third kappa shape index (κ3) is 3.28. The molecule has 0 aromatic carbocycles. The van der Waals surface area contributed by atoms with Crippen molar-refractivity contribution in [2.75, 3.05) is 26.0 Å². The standard InChI is InChI=1S/C13H21N3O3S/c1-10(11-3-4-11)16(7-8-19-2)20(17,18)12-5-6-15-13(14)9-12/h5-6,9-11H,3-4,7-8H2,1-2H3,(H2,14,15). The van der Waals surface area contributed by atoms with Gasteiger partial charge in [0.2, 0.25) is 10.0 Å².